The van der Waals surface area contributed by atoms with Crippen molar-refractivity contribution in [2.24, 2.45) is 0 Å². The molecule has 0 spiro atoms. The summed E-state index contributed by atoms with van der Waals surface area (Å²) in [4.78, 5) is 18.8. The van der Waals surface area contributed by atoms with Crippen LogP contribution in [0, 0.1) is 6.92 Å². The molecule has 7 heteroatoms. The number of rotatable bonds is 3. The van der Waals surface area contributed by atoms with Crippen LogP contribution in [0.4, 0.5) is 0 Å². The maximum absolute atomic E-state index is 12.7. The van der Waals surface area contributed by atoms with Gasteiger partial charge in [0.15, 0.2) is 0 Å². The summed E-state index contributed by atoms with van der Waals surface area (Å²) in [6.07, 6.45) is 5.08. The highest BCUT2D eigenvalue weighted by atomic mass is 16.5. The Morgan fingerprint density at radius 1 is 1.33 bits per heavy atom. The minimum Gasteiger partial charge on any atom is -0.477 e. The van der Waals surface area contributed by atoms with Gasteiger partial charge in [0.2, 0.25) is 11.8 Å². The van der Waals surface area contributed by atoms with Gasteiger partial charge in [-0.15, -0.1) is 0 Å². The Kier molecular flexibility index (Phi) is 3.84. The van der Waals surface area contributed by atoms with Crippen LogP contribution in [0.5, 0.6) is 11.8 Å². The third-order valence-electron chi connectivity index (χ3n) is 4.38. The third-order valence-corrected chi connectivity index (χ3v) is 4.38. The van der Waals surface area contributed by atoms with Crippen LogP contribution < -0.4 is 9.47 Å². The van der Waals surface area contributed by atoms with Crippen molar-refractivity contribution >= 4 is 5.91 Å². The van der Waals surface area contributed by atoms with Crippen LogP contribution in [0.1, 0.15) is 28.8 Å². The van der Waals surface area contributed by atoms with Gasteiger partial charge in [0, 0.05) is 38.2 Å². The molecule has 2 aromatic rings. The number of aryl methyl sites for hydroxylation is 2. The van der Waals surface area contributed by atoms with Gasteiger partial charge in [0.1, 0.15) is 11.7 Å². The molecule has 4 heterocycles. The van der Waals surface area contributed by atoms with E-state index in [0.717, 1.165) is 24.9 Å². The van der Waals surface area contributed by atoms with E-state index in [1.165, 1.54) is 0 Å². The fourth-order valence-electron chi connectivity index (χ4n) is 3.09. The molecule has 1 unspecified atom stereocenters. The van der Waals surface area contributed by atoms with Crippen molar-refractivity contribution in [2.45, 2.75) is 32.4 Å². The van der Waals surface area contributed by atoms with Crippen LogP contribution in [0.3, 0.4) is 0 Å². The Morgan fingerprint density at radius 2 is 2.25 bits per heavy atom. The first kappa shape index (κ1) is 15.0. The molecule has 2 aliphatic rings. The van der Waals surface area contributed by atoms with Gasteiger partial charge in [-0.05, 0) is 12.5 Å². The molecule has 0 bridgehead atoms. The fourth-order valence-corrected chi connectivity index (χ4v) is 3.09. The van der Waals surface area contributed by atoms with E-state index in [0.29, 0.717) is 37.0 Å². The highest BCUT2D eigenvalue weighted by molar-refractivity contribution is 5.96. The van der Waals surface area contributed by atoms with Crippen molar-refractivity contribution in [3.63, 3.8) is 0 Å². The summed E-state index contributed by atoms with van der Waals surface area (Å²) in [5, 5.41) is 4.25. The monoisotopic (exact) mass is 328 g/mol. The van der Waals surface area contributed by atoms with E-state index in [2.05, 4.69) is 10.1 Å². The summed E-state index contributed by atoms with van der Waals surface area (Å²) in [5.74, 6) is 1.16. The molecule has 0 aromatic carbocycles. The predicted molar refractivity (Wildman–Crippen MR) is 86.2 cm³/mol. The van der Waals surface area contributed by atoms with Crippen molar-refractivity contribution in [3.05, 3.63) is 35.7 Å². The Morgan fingerprint density at radius 3 is 3.08 bits per heavy atom. The number of fused-ring (bicyclic) bond motifs is 1. The Balaban J connectivity index is 1.42. The first-order valence-corrected chi connectivity index (χ1v) is 8.28. The maximum Gasteiger partial charge on any atom is 0.261 e. The number of carbonyl (C=O) groups excluding carboxylic acids is 1. The number of aromatic nitrogens is 3. The van der Waals surface area contributed by atoms with E-state index in [9.17, 15) is 4.79 Å². The summed E-state index contributed by atoms with van der Waals surface area (Å²) in [7, 11) is 0. The third kappa shape index (κ3) is 2.81. The zero-order valence-corrected chi connectivity index (χ0v) is 13.6. The molecule has 0 saturated carbocycles. The van der Waals surface area contributed by atoms with Crippen LogP contribution in [-0.2, 0) is 6.54 Å². The Labute approximate surface area is 140 Å². The number of hydrogen-bond acceptors (Lipinski definition) is 5. The molecule has 126 valence electrons. The normalized spacial score (nSPS) is 19.7. The van der Waals surface area contributed by atoms with E-state index in [4.69, 9.17) is 9.47 Å². The Bertz CT molecular complexity index is 741. The van der Waals surface area contributed by atoms with Gasteiger partial charge < -0.3 is 14.4 Å². The summed E-state index contributed by atoms with van der Waals surface area (Å²) in [5.41, 5.74) is 1.64. The second-order valence-corrected chi connectivity index (χ2v) is 6.24. The summed E-state index contributed by atoms with van der Waals surface area (Å²) >= 11 is 0. The zero-order valence-electron chi connectivity index (χ0n) is 13.6. The van der Waals surface area contributed by atoms with Crippen LogP contribution >= 0.6 is 0 Å². The molecule has 1 amide bonds. The number of amides is 1. The van der Waals surface area contributed by atoms with Crippen molar-refractivity contribution in [2.75, 3.05) is 19.7 Å². The van der Waals surface area contributed by atoms with E-state index >= 15 is 0 Å². The fraction of sp³-hybridized carbons (Fsp3) is 0.471. The van der Waals surface area contributed by atoms with E-state index < -0.39 is 0 Å². The van der Waals surface area contributed by atoms with Gasteiger partial charge in [-0.2, -0.15) is 5.10 Å². The molecule has 2 aliphatic heterocycles. The summed E-state index contributed by atoms with van der Waals surface area (Å²) < 4.78 is 13.3. The lowest BCUT2D eigenvalue weighted by molar-refractivity contribution is 0.0764. The Hall–Kier alpha value is -2.57. The largest absolute Gasteiger partial charge is 0.477 e. The van der Waals surface area contributed by atoms with Crippen LogP contribution in [-0.4, -0.2) is 51.4 Å². The average Bonchev–Trinajstić information content (AvgIpc) is 3.23. The van der Waals surface area contributed by atoms with Crippen molar-refractivity contribution in [3.8, 4) is 11.8 Å². The van der Waals surface area contributed by atoms with Gasteiger partial charge in [-0.3, -0.25) is 4.79 Å². The van der Waals surface area contributed by atoms with Crippen LogP contribution in [0.15, 0.2) is 24.5 Å². The van der Waals surface area contributed by atoms with Gasteiger partial charge >= 0.3 is 0 Å². The molecule has 2 aromatic heterocycles. The second-order valence-electron chi connectivity index (χ2n) is 6.24. The molecular weight excluding hydrogens is 308 g/mol. The van der Waals surface area contributed by atoms with E-state index in [1.54, 1.807) is 22.0 Å². The minimum atomic E-state index is -0.0406. The highest BCUT2D eigenvalue weighted by Crippen LogP contribution is 2.26. The molecule has 0 N–H and O–H groups in total. The standard InChI is InChI=1S/C17H20N4O3/c1-12-3-4-15(18-9-12)24-13-5-7-20(11-13)16(22)14-10-19-21-6-2-8-23-17(14)21/h3-4,9-10,13H,2,5-8,11H2,1H3. The highest BCUT2D eigenvalue weighted by Gasteiger charge is 2.32. The molecular formula is C17H20N4O3. The predicted octanol–water partition coefficient (Wildman–Crippen LogP) is 1.66. The number of nitrogens with zero attached hydrogens (tertiary/aromatic N) is 4. The summed E-state index contributed by atoms with van der Waals surface area (Å²) in [6.45, 7) is 4.64. The molecule has 1 saturated heterocycles. The molecule has 4 rings (SSSR count). The topological polar surface area (TPSA) is 69.5 Å². The number of carbonyl (C=O) groups is 1. The zero-order chi connectivity index (χ0) is 16.5. The van der Waals surface area contributed by atoms with Gasteiger partial charge in [-0.25, -0.2) is 9.67 Å². The number of pyridine rings is 1. The number of likely N-dealkylation sites (tertiary alicyclic amines) is 1. The lowest BCUT2D eigenvalue weighted by Gasteiger charge is -2.19. The minimum absolute atomic E-state index is 0.0310. The molecule has 7 nitrogen and oxygen atoms in total. The average molecular weight is 328 g/mol. The number of ether oxygens (including phenoxy) is 2. The molecule has 0 aliphatic carbocycles. The van der Waals surface area contributed by atoms with Crippen molar-refractivity contribution in [1.29, 1.82) is 0 Å². The summed E-state index contributed by atoms with van der Waals surface area (Å²) in [6, 6.07) is 3.83. The van der Waals surface area contributed by atoms with Crippen LogP contribution in [0.2, 0.25) is 0 Å². The molecule has 0 radical (unpaired) electrons. The first-order valence-electron chi connectivity index (χ1n) is 8.28. The molecule has 1 atom stereocenters. The second kappa shape index (κ2) is 6.14. The number of hydrogen-bond donors (Lipinski definition) is 0. The van der Waals surface area contributed by atoms with Crippen LogP contribution in [0.25, 0.3) is 0 Å². The van der Waals surface area contributed by atoms with Gasteiger partial charge in [0.25, 0.3) is 5.91 Å². The maximum atomic E-state index is 12.7. The smallest absolute Gasteiger partial charge is 0.261 e. The first-order chi connectivity index (χ1) is 11.7. The van der Waals surface area contributed by atoms with E-state index in [1.807, 2.05) is 19.1 Å². The molecule has 1 fully saturated rings. The quantitative estimate of drug-likeness (QED) is 0.857. The lowest BCUT2D eigenvalue weighted by atomic mass is 10.3. The van der Waals surface area contributed by atoms with Gasteiger partial charge in [0.05, 0.1) is 19.3 Å². The molecule has 24 heavy (non-hydrogen) atoms. The SMILES string of the molecule is Cc1ccc(OC2CCN(C(=O)c3cnn4c3OCCC4)C2)nc1. The van der Waals surface area contributed by atoms with Crippen molar-refractivity contribution in [1.82, 2.24) is 19.7 Å². The van der Waals surface area contributed by atoms with E-state index in [-0.39, 0.29) is 12.0 Å². The lowest BCUT2D eigenvalue weighted by Crippen LogP contribution is -2.31. The van der Waals surface area contributed by atoms with Gasteiger partial charge in [-0.1, -0.05) is 6.07 Å². The van der Waals surface area contributed by atoms with Crippen molar-refractivity contribution < 1.29 is 14.3 Å².